The van der Waals surface area contributed by atoms with Crippen LogP contribution >= 0.6 is 11.8 Å². The lowest BCUT2D eigenvalue weighted by molar-refractivity contribution is -0.139. The van der Waals surface area contributed by atoms with Gasteiger partial charge >= 0.3 is 11.8 Å². The molecule has 0 spiro atoms. The number of rotatable bonds is 4. The molecule has 1 saturated carbocycles. The minimum atomic E-state index is -0.866. The molecule has 0 radical (unpaired) electrons. The summed E-state index contributed by atoms with van der Waals surface area (Å²) < 4.78 is 0. The molecule has 1 aromatic rings. The molecule has 1 fully saturated rings. The van der Waals surface area contributed by atoms with Gasteiger partial charge in [-0.05, 0) is 36.8 Å². The van der Waals surface area contributed by atoms with Gasteiger partial charge in [-0.1, -0.05) is 12.1 Å². The Balaban J connectivity index is 1.80. The van der Waals surface area contributed by atoms with Crippen LogP contribution < -0.4 is 16.2 Å². The summed E-state index contributed by atoms with van der Waals surface area (Å²) in [6.45, 7) is 0. The fourth-order valence-corrected chi connectivity index (χ4v) is 2.17. The molecule has 1 aromatic carbocycles. The highest BCUT2D eigenvalue weighted by atomic mass is 32.2. The Bertz CT molecular complexity index is 541. The molecule has 0 unspecified atom stereocenters. The molecule has 21 heavy (non-hydrogen) atoms. The van der Waals surface area contributed by atoms with Gasteiger partial charge in [0.2, 0.25) is 0 Å². The molecule has 1 aliphatic carbocycles. The number of nitrogens with one attached hydrogen (secondary N) is 3. The number of carbonyl (C=O) groups is 3. The predicted octanol–water partition coefficient (Wildman–Crippen LogP) is 0.589. The zero-order valence-corrected chi connectivity index (χ0v) is 12.5. The van der Waals surface area contributed by atoms with Crippen LogP contribution in [-0.2, 0) is 15.3 Å². The number of hydrogen-bond donors (Lipinski definition) is 3. The lowest BCUT2D eigenvalue weighted by Crippen LogP contribution is -2.48. The fraction of sp³-hybridized carbons (Fsp3) is 0.357. The Labute approximate surface area is 127 Å². The van der Waals surface area contributed by atoms with Crippen LogP contribution in [0.25, 0.3) is 0 Å². The predicted molar refractivity (Wildman–Crippen MR) is 80.4 cm³/mol. The molecule has 6 nitrogen and oxygen atoms in total. The van der Waals surface area contributed by atoms with E-state index in [1.54, 1.807) is 23.9 Å². The van der Waals surface area contributed by atoms with Crippen LogP contribution in [0, 0.1) is 0 Å². The van der Waals surface area contributed by atoms with Crippen molar-refractivity contribution in [3.05, 3.63) is 35.4 Å². The highest BCUT2D eigenvalue weighted by molar-refractivity contribution is 7.97. The highest BCUT2D eigenvalue weighted by Gasteiger charge is 2.26. The molecule has 0 bridgehead atoms. The second kappa shape index (κ2) is 7.12. The third-order valence-corrected chi connectivity index (χ3v) is 3.56. The Hall–Kier alpha value is -2.02. The van der Waals surface area contributed by atoms with Gasteiger partial charge in [0.15, 0.2) is 0 Å². The van der Waals surface area contributed by atoms with E-state index in [-0.39, 0.29) is 6.04 Å². The van der Waals surface area contributed by atoms with Crippen LogP contribution in [0.3, 0.4) is 0 Å². The van der Waals surface area contributed by atoms with Crippen LogP contribution in [0.5, 0.6) is 0 Å². The second-order valence-electron chi connectivity index (χ2n) is 4.79. The summed E-state index contributed by atoms with van der Waals surface area (Å²) in [5, 5.41) is 2.53. The van der Waals surface area contributed by atoms with Gasteiger partial charge in [0.05, 0.1) is 0 Å². The smallest absolute Gasteiger partial charge is 0.327 e. The van der Waals surface area contributed by atoms with E-state index in [0.717, 1.165) is 24.2 Å². The Kier molecular flexibility index (Phi) is 5.21. The van der Waals surface area contributed by atoms with E-state index in [4.69, 9.17) is 0 Å². The van der Waals surface area contributed by atoms with E-state index in [9.17, 15) is 14.4 Å². The van der Waals surface area contributed by atoms with Gasteiger partial charge in [0.25, 0.3) is 5.91 Å². The average Bonchev–Trinajstić information content (AvgIpc) is 3.29. The van der Waals surface area contributed by atoms with E-state index in [1.165, 1.54) is 0 Å². The summed E-state index contributed by atoms with van der Waals surface area (Å²) in [4.78, 5) is 34.6. The van der Waals surface area contributed by atoms with Gasteiger partial charge in [-0.2, -0.15) is 11.8 Å². The molecule has 3 N–H and O–H groups in total. The van der Waals surface area contributed by atoms with Crippen LogP contribution in [-0.4, -0.2) is 30.0 Å². The summed E-state index contributed by atoms with van der Waals surface area (Å²) in [6, 6.07) is 7.16. The first-order chi connectivity index (χ1) is 10.1. The maximum absolute atomic E-state index is 11.8. The number of thioether (sulfide) groups is 1. The molecule has 1 aliphatic rings. The lowest BCUT2D eigenvalue weighted by Gasteiger charge is -2.08. The summed E-state index contributed by atoms with van der Waals surface area (Å²) in [6.07, 6.45) is 3.80. The topological polar surface area (TPSA) is 87.3 Å². The summed E-state index contributed by atoms with van der Waals surface area (Å²) in [5.41, 5.74) is 5.86. The van der Waals surface area contributed by atoms with E-state index in [0.29, 0.717) is 5.56 Å². The standard InChI is InChI=1S/C14H17N3O3S/c1-21-8-9-2-4-10(5-3-9)12(18)16-17-14(20)13(19)15-11-6-7-11/h2-5,11H,6-8H2,1H3,(H,15,19)(H,16,18)(H,17,20). The number of hydrazine groups is 1. The molecule has 0 heterocycles. The third kappa shape index (κ3) is 4.78. The molecule has 0 saturated heterocycles. The molecule has 3 amide bonds. The molecular formula is C14H17N3O3S. The van der Waals surface area contributed by atoms with E-state index in [1.807, 2.05) is 18.4 Å². The van der Waals surface area contributed by atoms with Gasteiger partial charge in [-0.15, -0.1) is 0 Å². The van der Waals surface area contributed by atoms with Crippen LogP contribution in [0.1, 0.15) is 28.8 Å². The van der Waals surface area contributed by atoms with Gasteiger partial charge in [0, 0.05) is 17.4 Å². The molecule has 0 aliphatic heterocycles. The number of amides is 3. The number of benzene rings is 1. The Morgan fingerprint density at radius 2 is 1.76 bits per heavy atom. The zero-order chi connectivity index (χ0) is 15.2. The largest absolute Gasteiger partial charge is 0.345 e. The maximum atomic E-state index is 11.8. The van der Waals surface area contributed by atoms with Crippen molar-refractivity contribution < 1.29 is 14.4 Å². The number of carbonyl (C=O) groups excluding carboxylic acids is 3. The highest BCUT2D eigenvalue weighted by Crippen LogP contribution is 2.18. The van der Waals surface area contributed by atoms with Crippen molar-refractivity contribution in [3.8, 4) is 0 Å². The molecule has 0 aromatic heterocycles. The van der Waals surface area contributed by atoms with Gasteiger partial charge in [0.1, 0.15) is 0 Å². The van der Waals surface area contributed by atoms with E-state index >= 15 is 0 Å². The Morgan fingerprint density at radius 1 is 1.10 bits per heavy atom. The normalized spacial score (nSPS) is 13.4. The molecular weight excluding hydrogens is 290 g/mol. The molecule has 2 rings (SSSR count). The van der Waals surface area contributed by atoms with Gasteiger partial charge in [-0.25, -0.2) is 0 Å². The number of hydrogen-bond acceptors (Lipinski definition) is 4. The van der Waals surface area contributed by atoms with Crippen molar-refractivity contribution in [2.24, 2.45) is 0 Å². The first-order valence-corrected chi connectivity index (χ1v) is 7.98. The van der Waals surface area contributed by atoms with E-state index < -0.39 is 17.7 Å². The van der Waals surface area contributed by atoms with Crippen LogP contribution in [0.4, 0.5) is 0 Å². The summed E-state index contributed by atoms with van der Waals surface area (Å²) in [7, 11) is 0. The molecule has 0 atom stereocenters. The molecule has 112 valence electrons. The average molecular weight is 307 g/mol. The summed E-state index contributed by atoms with van der Waals surface area (Å²) >= 11 is 1.69. The minimum absolute atomic E-state index is 0.0999. The maximum Gasteiger partial charge on any atom is 0.327 e. The quantitative estimate of drug-likeness (QED) is 0.561. The molecule has 7 heteroatoms. The van der Waals surface area contributed by atoms with Crippen molar-refractivity contribution in [2.75, 3.05) is 6.26 Å². The van der Waals surface area contributed by atoms with Crippen molar-refractivity contribution in [3.63, 3.8) is 0 Å². The SMILES string of the molecule is CSCc1ccc(C(=O)NNC(=O)C(=O)NC2CC2)cc1. The summed E-state index contributed by atoms with van der Waals surface area (Å²) in [5.74, 6) is -1.18. The Morgan fingerprint density at radius 3 is 2.33 bits per heavy atom. The van der Waals surface area contributed by atoms with Crippen LogP contribution in [0.2, 0.25) is 0 Å². The second-order valence-corrected chi connectivity index (χ2v) is 5.65. The fourth-order valence-electron chi connectivity index (χ4n) is 1.64. The first kappa shape index (κ1) is 15.4. The first-order valence-electron chi connectivity index (χ1n) is 6.59. The van der Waals surface area contributed by atoms with Gasteiger partial charge < -0.3 is 5.32 Å². The lowest BCUT2D eigenvalue weighted by atomic mass is 10.1. The van der Waals surface area contributed by atoms with Crippen molar-refractivity contribution >= 4 is 29.5 Å². The minimum Gasteiger partial charge on any atom is -0.345 e. The van der Waals surface area contributed by atoms with Gasteiger partial charge in [-0.3, -0.25) is 25.2 Å². The van der Waals surface area contributed by atoms with Crippen molar-refractivity contribution in [1.29, 1.82) is 0 Å². The monoisotopic (exact) mass is 307 g/mol. The van der Waals surface area contributed by atoms with Crippen molar-refractivity contribution in [2.45, 2.75) is 24.6 Å². The zero-order valence-electron chi connectivity index (χ0n) is 11.6. The third-order valence-electron chi connectivity index (χ3n) is 2.94. The van der Waals surface area contributed by atoms with Crippen LogP contribution in [0.15, 0.2) is 24.3 Å². The van der Waals surface area contributed by atoms with Crippen molar-refractivity contribution in [1.82, 2.24) is 16.2 Å². The van der Waals surface area contributed by atoms with E-state index in [2.05, 4.69) is 16.2 Å².